The van der Waals surface area contributed by atoms with E-state index in [1.54, 1.807) is 19.9 Å². The van der Waals surface area contributed by atoms with Crippen LogP contribution in [-0.2, 0) is 16.0 Å². The van der Waals surface area contributed by atoms with Crippen molar-refractivity contribution in [1.82, 2.24) is 5.32 Å². The molecule has 1 aromatic heterocycles. The molecule has 1 heterocycles. The summed E-state index contributed by atoms with van der Waals surface area (Å²) in [6.07, 6.45) is 0.292. The number of nitrogens with one attached hydrogen (secondary N) is 1. The number of hydrogen-bond acceptors (Lipinski definition) is 5. The quantitative estimate of drug-likeness (QED) is 0.552. The largest absolute Gasteiger partial charge is 0.481 e. The van der Waals surface area contributed by atoms with Crippen molar-refractivity contribution in [2.24, 2.45) is 0 Å². The Kier molecular flexibility index (Phi) is 6.38. The van der Waals surface area contributed by atoms with Gasteiger partial charge in [-0.15, -0.1) is 0 Å². The molecule has 7 heteroatoms. The van der Waals surface area contributed by atoms with Gasteiger partial charge in [0, 0.05) is 30.0 Å². The predicted molar refractivity (Wildman–Crippen MR) is 96.6 cm³/mol. The van der Waals surface area contributed by atoms with Gasteiger partial charge in [-0.1, -0.05) is 6.92 Å². The van der Waals surface area contributed by atoms with Gasteiger partial charge in [-0.2, -0.15) is 0 Å². The van der Waals surface area contributed by atoms with Gasteiger partial charge in [0.05, 0.1) is 0 Å². The zero-order valence-corrected chi connectivity index (χ0v) is 15.1. The molecule has 26 heavy (non-hydrogen) atoms. The first-order valence-corrected chi connectivity index (χ1v) is 8.56. The molecule has 1 amide bonds. The molecule has 0 bridgehead atoms. The Hall–Kier alpha value is -2.83. The van der Waals surface area contributed by atoms with Crippen LogP contribution in [0.4, 0.5) is 0 Å². The summed E-state index contributed by atoms with van der Waals surface area (Å²) >= 11 is 0. The minimum absolute atomic E-state index is 0.00189. The lowest BCUT2D eigenvalue weighted by Crippen LogP contribution is -2.37. The van der Waals surface area contributed by atoms with E-state index in [-0.39, 0.29) is 18.9 Å². The van der Waals surface area contributed by atoms with Gasteiger partial charge in [0.1, 0.15) is 11.3 Å². The number of carboxylic acid groups (broad SMARTS) is 1. The number of carboxylic acids is 1. The minimum Gasteiger partial charge on any atom is -0.481 e. The van der Waals surface area contributed by atoms with Crippen molar-refractivity contribution in [3.05, 3.63) is 39.7 Å². The van der Waals surface area contributed by atoms with E-state index in [1.165, 1.54) is 6.07 Å². The Morgan fingerprint density at radius 2 is 2.08 bits per heavy atom. The molecular formula is C19H23NO6. The number of aryl methyl sites for hydroxylation is 2. The second-order valence-corrected chi connectivity index (χ2v) is 6.06. The van der Waals surface area contributed by atoms with Crippen molar-refractivity contribution in [3.8, 4) is 5.75 Å². The van der Waals surface area contributed by atoms with Gasteiger partial charge in [0.25, 0.3) is 5.91 Å². The number of aliphatic carboxylic acids is 1. The van der Waals surface area contributed by atoms with Crippen LogP contribution in [0.5, 0.6) is 5.75 Å². The van der Waals surface area contributed by atoms with Gasteiger partial charge < -0.3 is 19.6 Å². The average molecular weight is 361 g/mol. The van der Waals surface area contributed by atoms with Gasteiger partial charge in [-0.25, -0.2) is 4.79 Å². The minimum atomic E-state index is -0.900. The predicted octanol–water partition coefficient (Wildman–Crippen LogP) is 2.41. The Morgan fingerprint density at radius 3 is 2.73 bits per heavy atom. The number of ether oxygens (including phenoxy) is 1. The Labute approximate surface area is 151 Å². The SMILES string of the molecule is CCc1cc(=O)oc2c(C)c(O[C@H](C)C(=O)NCCCC(=O)O)ccc12. The summed E-state index contributed by atoms with van der Waals surface area (Å²) in [6, 6.07) is 5.05. The van der Waals surface area contributed by atoms with E-state index in [0.717, 1.165) is 10.9 Å². The Balaban J connectivity index is 2.12. The maximum Gasteiger partial charge on any atom is 0.336 e. The third kappa shape index (κ3) is 4.62. The maximum atomic E-state index is 12.1. The van der Waals surface area contributed by atoms with Gasteiger partial charge >= 0.3 is 11.6 Å². The lowest BCUT2D eigenvalue weighted by molar-refractivity contribution is -0.137. The number of carbonyl (C=O) groups is 2. The van der Waals surface area contributed by atoms with Gasteiger partial charge in [-0.05, 0) is 44.4 Å². The zero-order chi connectivity index (χ0) is 19.3. The lowest BCUT2D eigenvalue weighted by atomic mass is 10.0. The second-order valence-electron chi connectivity index (χ2n) is 6.06. The number of amides is 1. The van der Waals surface area contributed by atoms with Crippen LogP contribution in [0.15, 0.2) is 27.4 Å². The fourth-order valence-corrected chi connectivity index (χ4v) is 2.67. The fourth-order valence-electron chi connectivity index (χ4n) is 2.67. The average Bonchev–Trinajstić information content (AvgIpc) is 2.60. The zero-order valence-electron chi connectivity index (χ0n) is 15.1. The van der Waals surface area contributed by atoms with Crippen molar-refractivity contribution in [1.29, 1.82) is 0 Å². The molecule has 0 radical (unpaired) electrons. The molecule has 0 aliphatic rings. The van der Waals surface area contributed by atoms with E-state index in [1.807, 2.05) is 13.0 Å². The van der Waals surface area contributed by atoms with Crippen molar-refractivity contribution >= 4 is 22.8 Å². The maximum absolute atomic E-state index is 12.1. The van der Waals surface area contributed by atoms with Crippen LogP contribution in [-0.4, -0.2) is 29.6 Å². The molecule has 2 aromatic rings. The topological polar surface area (TPSA) is 106 Å². The van der Waals surface area contributed by atoms with Gasteiger partial charge in [-0.3, -0.25) is 9.59 Å². The third-order valence-electron chi connectivity index (χ3n) is 4.12. The fraction of sp³-hybridized carbons (Fsp3) is 0.421. The van der Waals surface area contributed by atoms with Crippen LogP contribution >= 0.6 is 0 Å². The van der Waals surface area contributed by atoms with Crippen molar-refractivity contribution < 1.29 is 23.8 Å². The molecule has 0 spiro atoms. The van der Waals surface area contributed by atoms with E-state index in [4.69, 9.17) is 14.3 Å². The molecule has 2 rings (SSSR count). The van der Waals surface area contributed by atoms with Crippen LogP contribution in [0.1, 0.15) is 37.8 Å². The highest BCUT2D eigenvalue weighted by Gasteiger charge is 2.17. The van der Waals surface area contributed by atoms with Crippen molar-refractivity contribution in [2.75, 3.05) is 6.54 Å². The highest BCUT2D eigenvalue weighted by Crippen LogP contribution is 2.29. The van der Waals surface area contributed by atoms with E-state index in [9.17, 15) is 14.4 Å². The molecule has 1 atom stereocenters. The smallest absolute Gasteiger partial charge is 0.336 e. The highest BCUT2D eigenvalue weighted by atomic mass is 16.5. The number of rotatable bonds is 8. The number of carbonyl (C=O) groups excluding carboxylic acids is 1. The molecule has 0 unspecified atom stereocenters. The third-order valence-corrected chi connectivity index (χ3v) is 4.12. The van der Waals surface area contributed by atoms with E-state index < -0.39 is 17.7 Å². The molecule has 0 aliphatic heterocycles. The number of benzene rings is 1. The van der Waals surface area contributed by atoms with Crippen LogP contribution < -0.4 is 15.7 Å². The normalized spacial score (nSPS) is 12.0. The molecular weight excluding hydrogens is 338 g/mol. The monoisotopic (exact) mass is 361 g/mol. The second kappa shape index (κ2) is 8.51. The molecule has 2 N–H and O–H groups in total. The van der Waals surface area contributed by atoms with Crippen LogP contribution in [0.2, 0.25) is 0 Å². The molecule has 0 aliphatic carbocycles. The van der Waals surface area contributed by atoms with Crippen LogP contribution in [0.3, 0.4) is 0 Å². The van der Waals surface area contributed by atoms with Crippen LogP contribution in [0.25, 0.3) is 11.0 Å². The lowest BCUT2D eigenvalue weighted by Gasteiger charge is -2.17. The van der Waals surface area contributed by atoms with Crippen molar-refractivity contribution in [3.63, 3.8) is 0 Å². The van der Waals surface area contributed by atoms with E-state index in [2.05, 4.69) is 5.32 Å². The van der Waals surface area contributed by atoms with E-state index in [0.29, 0.717) is 29.7 Å². The number of hydrogen-bond donors (Lipinski definition) is 2. The standard InChI is InChI=1S/C19H23NO6/c1-4-13-10-17(23)26-18-11(2)15(8-7-14(13)18)25-12(3)19(24)20-9-5-6-16(21)22/h7-8,10,12H,4-6,9H2,1-3H3,(H,20,24)(H,21,22)/t12-/m1/s1. The summed E-state index contributed by atoms with van der Waals surface area (Å²) < 4.78 is 11.0. The van der Waals surface area contributed by atoms with Gasteiger partial charge in [0.15, 0.2) is 6.10 Å². The summed E-state index contributed by atoms with van der Waals surface area (Å²) in [4.78, 5) is 34.3. The Morgan fingerprint density at radius 1 is 1.35 bits per heavy atom. The van der Waals surface area contributed by atoms with Crippen LogP contribution in [0, 0.1) is 6.92 Å². The first kappa shape index (κ1) is 19.5. The first-order valence-electron chi connectivity index (χ1n) is 8.56. The summed E-state index contributed by atoms with van der Waals surface area (Å²) in [5, 5.41) is 12.1. The molecule has 140 valence electrons. The molecule has 0 saturated carbocycles. The first-order chi connectivity index (χ1) is 12.3. The molecule has 0 saturated heterocycles. The molecule has 7 nitrogen and oxygen atoms in total. The summed E-state index contributed by atoms with van der Waals surface area (Å²) in [5.41, 5.74) is 1.59. The van der Waals surface area contributed by atoms with E-state index >= 15 is 0 Å². The number of fused-ring (bicyclic) bond motifs is 1. The highest BCUT2D eigenvalue weighted by molar-refractivity contribution is 5.85. The Bertz CT molecular complexity index is 870. The molecule has 0 fully saturated rings. The molecule has 1 aromatic carbocycles. The van der Waals surface area contributed by atoms with Crippen molar-refractivity contribution in [2.45, 2.75) is 46.1 Å². The van der Waals surface area contributed by atoms with Gasteiger partial charge in [0.2, 0.25) is 0 Å². The summed E-state index contributed by atoms with van der Waals surface area (Å²) in [5.74, 6) is -0.774. The summed E-state index contributed by atoms with van der Waals surface area (Å²) in [7, 11) is 0. The summed E-state index contributed by atoms with van der Waals surface area (Å²) in [6.45, 7) is 5.61.